The van der Waals surface area contributed by atoms with Crippen molar-refractivity contribution in [2.75, 3.05) is 20.2 Å². The first-order chi connectivity index (χ1) is 8.00. The molecule has 0 saturated heterocycles. The molecule has 0 saturated carbocycles. The molecule has 0 aliphatic carbocycles. The lowest BCUT2D eigenvalue weighted by Gasteiger charge is -2.19. The minimum absolute atomic E-state index is 0.0718. The van der Waals surface area contributed by atoms with Crippen LogP contribution in [0.2, 0.25) is 0 Å². The fourth-order valence-electron chi connectivity index (χ4n) is 1.39. The zero-order valence-electron chi connectivity index (χ0n) is 10.6. The zero-order chi connectivity index (χ0) is 12.8. The van der Waals surface area contributed by atoms with E-state index >= 15 is 0 Å². The average molecular weight is 236 g/mol. The lowest BCUT2D eigenvalue weighted by Crippen LogP contribution is -2.41. The molecule has 4 heteroatoms. The van der Waals surface area contributed by atoms with Crippen LogP contribution in [-0.4, -0.2) is 37.0 Å². The number of rotatable bonds is 5. The van der Waals surface area contributed by atoms with Gasteiger partial charge < -0.3 is 15.4 Å². The van der Waals surface area contributed by atoms with Gasteiger partial charge in [-0.2, -0.15) is 0 Å². The number of hydrogen-bond acceptors (Lipinski definition) is 3. The summed E-state index contributed by atoms with van der Waals surface area (Å²) in [5, 5.41) is 0. The Morgan fingerprint density at radius 3 is 2.53 bits per heavy atom. The maximum atomic E-state index is 11.5. The second kappa shape index (κ2) is 6.25. The van der Waals surface area contributed by atoms with Crippen LogP contribution in [-0.2, 0) is 4.79 Å². The van der Waals surface area contributed by atoms with Gasteiger partial charge >= 0.3 is 0 Å². The van der Waals surface area contributed by atoms with Gasteiger partial charge in [0.15, 0.2) is 0 Å². The van der Waals surface area contributed by atoms with Crippen molar-refractivity contribution in [1.82, 2.24) is 4.90 Å². The summed E-state index contributed by atoms with van der Waals surface area (Å²) in [5.74, 6) is 0.745. The summed E-state index contributed by atoms with van der Waals surface area (Å²) < 4.78 is 5.53. The second-order valence-corrected chi connectivity index (χ2v) is 4.21. The Hall–Kier alpha value is -1.55. The summed E-state index contributed by atoms with van der Waals surface area (Å²) in [6.45, 7) is 4.71. The van der Waals surface area contributed by atoms with Gasteiger partial charge in [-0.15, -0.1) is 0 Å². The van der Waals surface area contributed by atoms with Crippen molar-refractivity contribution in [1.29, 1.82) is 0 Å². The number of hydrogen-bond donors (Lipinski definition) is 1. The molecular weight excluding hydrogens is 216 g/mol. The highest BCUT2D eigenvalue weighted by atomic mass is 16.5. The normalized spacial score (nSPS) is 12.0. The van der Waals surface area contributed by atoms with E-state index in [0.29, 0.717) is 13.2 Å². The van der Waals surface area contributed by atoms with Crippen LogP contribution in [0.25, 0.3) is 0 Å². The number of ether oxygens (including phenoxy) is 1. The predicted molar refractivity (Wildman–Crippen MR) is 68.0 cm³/mol. The average Bonchev–Trinajstić information content (AvgIpc) is 2.30. The molecular formula is C13H20N2O2. The lowest BCUT2D eigenvalue weighted by atomic mass is 10.2. The first kappa shape index (κ1) is 13.5. The predicted octanol–water partition coefficient (Wildman–Crippen LogP) is 1.18. The van der Waals surface area contributed by atoms with Crippen LogP contribution < -0.4 is 10.5 Å². The minimum atomic E-state index is -0.459. The molecule has 4 nitrogen and oxygen atoms in total. The molecule has 0 unspecified atom stereocenters. The third-order valence-electron chi connectivity index (χ3n) is 2.48. The van der Waals surface area contributed by atoms with E-state index in [2.05, 4.69) is 0 Å². The summed E-state index contributed by atoms with van der Waals surface area (Å²) >= 11 is 0. The lowest BCUT2D eigenvalue weighted by molar-refractivity contribution is -0.131. The molecule has 1 amide bonds. The molecule has 0 aliphatic rings. The number of carbonyl (C=O) groups is 1. The van der Waals surface area contributed by atoms with Crippen molar-refractivity contribution in [3.8, 4) is 5.75 Å². The number of carbonyl (C=O) groups excluding carboxylic acids is 1. The van der Waals surface area contributed by atoms with Crippen molar-refractivity contribution in [2.24, 2.45) is 5.73 Å². The Kier molecular flexibility index (Phi) is 4.97. The van der Waals surface area contributed by atoms with E-state index in [0.717, 1.165) is 5.75 Å². The van der Waals surface area contributed by atoms with Gasteiger partial charge in [0.25, 0.3) is 0 Å². The van der Waals surface area contributed by atoms with E-state index in [1.54, 1.807) is 18.9 Å². The molecule has 0 bridgehead atoms. The second-order valence-electron chi connectivity index (χ2n) is 4.21. The summed E-state index contributed by atoms with van der Waals surface area (Å²) in [6, 6.07) is 7.36. The Bertz CT molecular complexity index is 360. The molecule has 0 spiro atoms. The van der Waals surface area contributed by atoms with E-state index in [-0.39, 0.29) is 5.91 Å². The van der Waals surface area contributed by atoms with Gasteiger partial charge in [-0.05, 0) is 26.0 Å². The first-order valence-electron chi connectivity index (χ1n) is 5.70. The SMILES string of the molecule is Cc1ccc(OCCN(C)C(=O)[C@H](C)N)cc1. The summed E-state index contributed by atoms with van der Waals surface area (Å²) in [6.07, 6.45) is 0. The zero-order valence-corrected chi connectivity index (χ0v) is 10.6. The molecule has 94 valence electrons. The van der Waals surface area contributed by atoms with Crippen molar-refractivity contribution in [2.45, 2.75) is 19.9 Å². The molecule has 2 N–H and O–H groups in total. The largest absolute Gasteiger partial charge is 0.492 e. The Labute approximate surface area is 102 Å². The fourth-order valence-corrected chi connectivity index (χ4v) is 1.39. The smallest absolute Gasteiger partial charge is 0.239 e. The Morgan fingerprint density at radius 2 is 2.00 bits per heavy atom. The molecule has 0 radical (unpaired) electrons. The molecule has 1 atom stereocenters. The standard InChI is InChI=1S/C13H20N2O2/c1-10-4-6-12(7-5-10)17-9-8-15(3)13(16)11(2)14/h4-7,11H,8-9,14H2,1-3H3/t11-/m0/s1. The third-order valence-corrected chi connectivity index (χ3v) is 2.48. The summed E-state index contributed by atoms with van der Waals surface area (Å²) in [5.41, 5.74) is 6.70. The van der Waals surface area contributed by atoms with Gasteiger partial charge in [-0.3, -0.25) is 4.79 Å². The highest BCUT2D eigenvalue weighted by Crippen LogP contribution is 2.11. The van der Waals surface area contributed by atoms with E-state index < -0.39 is 6.04 Å². The molecule has 17 heavy (non-hydrogen) atoms. The minimum Gasteiger partial charge on any atom is -0.492 e. The number of aryl methyl sites for hydroxylation is 1. The highest BCUT2D eigenvalue weighted by molar-refractivity contribution is 5.80. The Balaban J connectivity index is 2.33. The molecule has 0 fully saturated rings. The van der Waals surface area contributed by atoms with Crippen LogP contribution in [0.5, 0.6) is 5.75 Å². The highest BCUT2D eigenvalue weighted by Gasteiger charge is 2.12. The molecule has 0 aliphatic heterocycles. The molecule has 1 rings (SSSR count). The summed E-state index contributed by atoms with van der Waals surface area (Å²) in [7, 11) is 1.73. The molecule has 0 heterocycles. The van der Waals surface area contributed by atoms with Crippen LogP contribution in [0.3, 0.4) is 0 Å². The number of likely N-dealkylation sites (N-methyl/N-ethyl adjacent to an activating group) is 1. The van der Waals surface area contributed by atoms with E-state index in [1.807, 2.05) is 31.2 Å². The van der Waals surface area contributed by atoms with E-state index in [9.17, 15) is 4.79 Å². The Morgan fingerprint density at radius 1 is 1.41 bits per heavy atom. The maximum Gasteiger partial charge on any atom is 0.239 e. The van der Waals surface area contributed by atoms with Crippen LogP contribution in [0.15, 0.2) is 24.3 Å². The number of nitrogens with zero attached hydrogens (tertiary/aromatic N) is 1. The van der Waals surface area contributed by atoms with Gasteiger partial charge in [0.1, 0.15) is 12.4 Å². The van der Waals surface area contributed by atoms with Crippen LogP contribution >= 0.6 is 0 Å². The van der Waals surface area contributed by atoms with Gasteiger partial charge in [-0.25, -0.2) is 0 Å². The van der Waals surface area contributed by atoms with Crippen LogP contribution in [0, 0.1) is 6.92 Å². The topological polar surface area (TPSA) is 55.6 Å². The van der Waals surface area contributed by atoms with Crippen molar-refractivity contribution < 1.29 is 9.53 Å². The van der Waals surface area contributed by atoms with Gasteiger partial charge in [0, 0.05) is 7.05 Å². The maximum absolute atomic E-state index is 11.5. The van der Waals surface area contributed by atoms with Crippen molar-refractivity contribution in [3.05, 3.63) is 29.8 Å². The van der Waals surface area contributed by atoms with Gasteiger partial charge in [0.2, 0.25) is 5.91 Å². The van der Waals surface area contributed by atoms with Crippen molar-refractivity contribution in [3.63, 3.8) is 0 Å². The molecule has 1 aromatic carbocycles. The molecule has 0 aromatic heterocycles. The van der Waals surface area contributed by atoms with Crippen LogP contribution in [0.1, 0.15) is 12.5 Å². The quantitative estimate of drug-likeness (QED) is 0.835. The fraction of sp³-hybridized carbons (Fsp3) is 0.462. The monoisotopic (exact) mass is 236 g/mol. The first-order valence-corrected chi connectivity index (χ1v) is 5.70. The third kappa shape index (κ3) is 4.44. The van der Waals surface area contributed by atoms with Crippen LogP contribution in [0.4, 0.5) is 0 Å². The summed E-state index contributed by atoms with van der Waals surface area (Å²) in [4.78, 5) is 13.1. The number of nitrogens with two attached hydrogens (primary N) is 1. The van der Waals surface area contributed by atoms with Gasteiger partial charge in [-0.1, -0.05) is 17.7 Å². The van der Waals surface area contributed by atoms with Crippen molar-refractivity contribution >= 4 is 5.91 Å². The number of benzene rings is 1. The molecule has 1 aromatic rings. The van der Waals surface area contributed by atoms with E-state index in [4.69, 9.17) is 10.5 Å². The number of amides is 1. The van der Waals surface area contributed by atoms with Gasteiger partial charge in [0.05, 0.1) is 12.6 Å². The van der Waals surface area contributed by atoms with E-state index in [1.165, 1.54) is 5.56 Å².